The van der Waals surface area contributed by atoms with Gasteiger partial charge in [0.1, 0.15) is 4.88 Å². The standard InChI is InChI=1S/C28H26N6O3S2/c1-4-34-25(20-15-22(18-11-7-6-8-12-18)30-21-14-10-9-13-19(20)21)32-33-28(34)38-16-23(35)31-27-29-17(3)24(39-27)26(36)37-5-2/h6-15H,4-5,16H2,1-3H3,(H,29,31,35). The highest BCUT2D eigenvalue weighted by Crippen LogP contribution is 2.33. The quantitative estimate of drug-likeness (QED) is 0.177. The maximum Gasteiger partial charge on any atom is 0.350 e. The summed E-state index contributed by atoms with van der Waals surface area (Å²) in [4.78, 5) is 34.3. The van der Waals surface area contributed by atoms with E-state index in [2.05, 4.69) is 20.5 Å². The van der Waals surface area contributed by atoms with E-state index in [1.54, 1.807) is 13.8 Å². The lowest BCUT2D eigenvalue weighted by molar-refractivity contribution is -0.113. The van der Waals surface area contributed by atoms with Crippen LogP contribution in [0, 0.1) is 6.92 Å². The first-order valence-corrected chi connectivity index (χ1v) is 14.2. The maximum absolute atomic E-state index is 12.7. The van der Waals surface area contributed by atoms with Crippen molar-refractivity contribution in [2.45, 2.75) is 32.5 Å². The van der Waals surface area contributed by atoms with Crippen LogP contribution in [0.15, 0.2) is 65.8 Å². The van der Waals surface area contributed by atoms with Crippen LogP contribution in [0.25, 0.3) is 33.5 Å². The molecule has 1 amide bonds. The minimum absolute atomic E-state index is 0.109. The van der Waals surface area contributed by atoms with Crippen LogP contribution in [-0.4, -0.2) is 49.0 Å². The number of amides is 1. The molecule has 0 fully saturated rings. The third kappa shape index (κ3) is 5.69. The number of thiazole rings is 1. The van der Waals surface area contributed by atoms with E-state index in [0.29, 0.717) is 33.2 Å². The number of benzene rings is 2. The van der Waals surface area contributed by atoms with Crippen molar-refractivity contribution >= 4 is 51.0 Å². The van der Waals surface area contributed by atoms with Gasteiger partial charge in [-0.25, -0.2) is 14.8 Å². The van der Waals surface area contributed by atoms with Gasteiger partial charge in [-0.1, -0.05) is 71.6 Å². The lowest BCUT2D eigenvalue weighted by atomic mass is 10.0. The Morgan fingerprint density at radius 3 is 2.56 bits per heavy atom. The van der Waals surface area contributed by atoms with E-state index in [1.165, 1.54) is 11.8 Å². The molecule has 0 saturated heterocycles. The highest BCUT2D eigenvalue weighted by Gasteiger charge is 2.20. The Hall–Kier alpha value is -4.09. The van der Waals surface area contributed by atoms with E-state index in [-0.39, 0.29) is 18.3 Å². The fraction of sp³-hybridized carbons (Fsp3) is 0.214. The largest absolute Gasteiger partial charge is 0.462 e. The van der Waals surface area contributed by atoms with Gasteiger partial charge in [-0.05, 0) is 32.9 Å². The van der Waals surface area contributed by atoms with E-state index in [0.717, 1.165) is 39.1 Å². The van der Waals surface area contributed by atoms with Crippen LogP contribution in [0.5, 0.6) is 0 Å². The van der Waals surface area contributed by atoms with Gasteiger partial charge >= 0.3 is 5.97 Å². The molecule has 1 N–H and O–H groups in total. The predicted octanol–water partition coefficient (Wildman–Crippen LogP) is 5.85. The van der Waals surface area contributed by atoms with Crippen LogP contribution >= 0.6 is 23.1 Å². The number of aryl methyl sites for hydroxylation is 1. The first kappa shape index (κ1) is 26.5. The van der Waals surface area contributed by atoms with E-state index >= 15 is 0 Å². The van der Waals surface area contributed by atoms with E-state index in [4.69, 9.17) is 9.72 Å². The number of fused-ring (bicyclic) bond motifs is 1. The van der Waals surface area contributed by atoms with Gasteiger partial charge in [0.25, 0.3) is 0 Å². The van der Waals surface area contributed by atoms with Gasteiger partial charge in [0.15, 0.2) is 16.1 Å². The number of anilines is 1. The number of rotatable bonds is 9. The van der Waals surface area contributed by atoms with Crippen molar-refractivity contribution in [1.82, 2.24) is 24.7 Å². The number of para-hydroxylation sites is 1. The van der Waals surface area contributed by atoms with Gasteiger partial charge < -0.3 is 14.6 Å². The summed E-state index contributed by atoms with van der Waals surface area (Å²) in [5.41, 5.74) is 4.19. The lowest BCUT2D eigenvalue weighted by Crippen LogP contribution is -2.14. The van der Waals surface area contributed by atoms with Crippen LogP contribution in [0.4, 0.5) is 5.13 Å². The van der Waals surface area contributed by atoms with Gasteiger partial charge in [-0.3, -0.25) is 4.79 Å². The zero-order valence-electron chi connectivity index (χ0n) is 21.7. The molecule has 5 aromatic rings. The smallest absolute Gasteiger partial charge is 0.350 e. The number of aromatic nitrogens is 5. The van der Waals surface area contributed by atoms with Crippen molar-refractivity contribution < 1.29 is 14.3 Å². The van der Waals surface area contributed by atoms with E-state index in [9.17, 15) is 9.59 Å². The molecular weight excluding hydrogens is 532 g/mol. The highest BCUT2D eigenvalue weighted by molar-refractivity contribution is 7.99. The van der Waals surface area contributed by atoms with Gasteiger partial charge in [0.2, 0.25) is 5.91 Å². The van der Waals surface area contributed by atoms with Crippen molar-refractivity contribution in [3.63, 3.8) is 0 Å². The topological polar surface area (TPSA) is 112 Å². The summed E-state index contributed by atoms with van der Waals surface area (Å²) in [5, 5.41) is 13.7. The summed E-state index contributed by atoms with van der Waals surface area (Å²) in [5.74, 6) is 0.130. The van der Waals surface area contributed by atoms with Gasteiger partial charge in [-0.15, -0.1) is 10.2 Å². The first-order chi connectivity index (χ1) is 19.0. The molecule has 0 saturated carbocycles. The molecule has 0 aliphatic heterocycles. The van der Waals surface area contributed by atoms with Crippen LogP contribution < -0.4 is 5.32 Å². The second-order valence-electron chi connectivity index (χ2n) is 8.48. The minimum atomic E-state index is -0.440. The second-order valence-corrected chi connectivity index (χ2v) is 10.4. The van der Waals surface area contributed by atoms with Crippen LogP contribution in [0.3, 0.4) is 0 Å². The molecule has 0 aliphatic carbocycles. The average Bonchev–Trinajstić information content (AvgIpc) is 3.54. The maximum atomic E-state index is 12.7. The van der Waals surface area contributed by atoms with Gasteiger partial charge in [0.05, 0.1) is 29.3 Å². The summed E-state index contributed by atoms with van der Waals surface area (Å²) in [6, 6.07) is 20.0. The summed E-state index contributed by atoms with van der Waals surface area (Å²) >= 11 is 2.39. The Morgan fingerprint density at radius 1 is 1.03 bits per heavy atom. The third-order valence-electron chi connectivity index (χ3n) is 5.90. The predicted molar refractivity (Wildman–Crippen MR) is 154 cm³/mol. The molecule has 3 heterocycles. The molecule has 5 rings (SSSR count). The molecule has 0 radical (unpaired) electrons. The monoisotopic (exact) mass is 558 g/mol. The molecule has 0 atom stereocenters. The number of nitrogens with zero attached hydrogens (tertiary/aromatic N) is 5. The van der Waals surface area contributed by atoms with E-state index in [1.807, 2.05) is 72.2 Å². The summed E-state index contributed by atoms with van der Waals surface area (Å²) in [6.45, 7) is 6.38. The number of carbonyl (C=O) groups excluding carboxylic acids is 2. The van der Waals surface area contributed by atoms with Gasteiger partial charge in [-0.2, -0.15) is 0 Å². The Kier molecular flexibility index (Phi) is 7.99. The normalized spacial score (nSPS) is 11.1. The fourth-order valence-corrected chi connectivity index (χ4v) is 5.80. The Bertz CT molecular complexity index is 1650. The summed E-state index contributed by atoms with van der Waals surface area (Å²) in [7, 11) is 0. The molecule has 3 aromatic heterocycles. The number of thioether (sulfide) groups is 1. The SMILES string of the molecule is CCOC(=O)c1sc(NC(=O)CSc2nnc(-c3cc(-c4ccccc4)nc4ccccc34)n2CC)nc1C. The Balaban J connectivity index is 1.38. The average molecular weight is 559 g/mol. The Labute approximate surface area is 233 Å². The number of hydrogen-bond donors (Lipinski definition) is 1. The molecule has 0 spiro atoms. The molecule has 9 nitrogen and oxygen atoms in total. The third-order valence-corrected chi connectivity index (χ3v) is 7.92. The summed E-state index contributed by atoms with van der Waals surface area (Å²) in [6.07, 6.45) is 0. The zero-order valence-corrected chi connectivity index (χ0v) is 23.3. The minimum Gasteiger partial charge on any atom is -0.462 e. The summed E-state index contributed by atoms with van der Waals surface area (Å²) < 4.78 is 7.05. The molecule has 39 heavy (non-hydrogen) atoms. The second kappa shape index (κ2) is 11.7. The Morgan fingerprint density at radius 2 is 1.79 bits per heavy atom. The molecule has 0 unspecified atom stereocenters. The molecule has 0 aliphatic rings. The number of ether oxygens (including phenoxy) is 1. The molecular formula is C28H26N6O3S2. The van der Waals surface area contributed by atoms with Crippen LogP contribution in [0.1, 0.15) is 29.2 Å². The van der Waals surface area contributed by atoms with E-state index < -0.39 is 5.97 Å². The molecule has 2 aromatic carbocycles. The lowest BCUT2D eigenvalue weighted by Gasteiger charge is -2.11. The van der Waals surface area contributed by atoms with Crippen molar-refractivity contribution in [1.29, 1.82) is 0 Å². The molecule has 198 valence electrons. The molecule has 11 heteroatoms. The van der Waals surface area contributed by atoms with Crippen molar-refractivity contribution in [3.05, 3.63) is 71.2 Å². The fourth-order valence-electron chi connectivity index (χ4n) is 4.12. The number of hydrogen-bond acceptors (Lipinski definition) is 9. The number of pyridine rings is 1. The number of carbonyl (C=O) groups is 2. The zero-order chi connectivity index (χ0) is 27.4. The first-order valence-electron chi connectivity index (χ1n) is 12.4. The van der Waals surface area contributed by atoms with Crippen molar-refractivity contribution in [2.24, 2.45) is 0 Å². The van der Waals surface area contributed by atoms with Crippen molar-refractivity contribution in [3.8, 4) is 22.6 Å². The van der Waals surface area contributed by atoms with Crippen LogP contribution in [0.2, 0.25) is 0 Å². The number of nitrogens with one attached hydrogen (secondary N) is 1. The highest BCUT2D eigenvalue weighted by atomic mass is 32.2. The van der Waals surface area contributed by atoms with Gasteiger partial charge in [0, 0.05) is 23.1 Å². The molecule has 0 bridgehead atoms. The van der Waals surface area contributed by atoms with Crippen molar-refractivity contribution in [2.75, 3.05) is 17.7 Å². The number of esters is 1. The van der Waals surface area contributed by atoms with Crippen LogP contribution in [-0.2, 0) is 16.1 Å².